The Hall–Kier alpha value is -2.30. The van der Waals surface area contributed by atoms with Gasteiger partial charge in [0.15, 0.2) is 0 Å². The lowest BCUT2D eigenvalue weighted by molar-refractivity contribution is 0.0986. The fraction of sp³-hybridized carbons (Fsp3) is 0.412. The average molecular weight is 296 g/mol. The lowest BCUT2D eigenvalue weighted by atomic mass is 10.1. The van der Waals surface area contributed by atoms with E-state index in [0.29, 0.717) is 5.56 Å². The van der Waals surface area contributed by atoms with E-state index in [1.807, 2.05) is 24.1 Å². The number of benzene rings is 1. The van der Waals surface area contributed by atoms with Crippen molar-refractivity contribution < 1.29 is 4.79 Å². The molecule has 1 fully saturated rings. The summed E-state index contributed by atoms with van der Waals surface area (Å²) >= 11 is 0. The molecule has 1 aliphatic carbocycles. The van der Waals surface area contributed by atoms with Gasteiger partial charge in [0.25, 0.3) is 5.91 Å². The zero-order valence-electron chi connectivity index (χ0n) is 12.8. The highest BCUT2D eigenvalue weighted by Gasteiger charge is 2.31. The maximum atomic E-state index is 12.8. The Labute approximate surface area is 130 Å². The summed E-state index contributed by atoms with van der Waals surface area (Å²) in [4.78, 5) is 17.1. The van der Waals surface area contributed by atoms with Crippen molar-refractivity contribution in [1.82, 2.24) is 9.78 Å². The number of amides is 1. The smallest absolute Gasteiger partial charge is 0.261 e. The summed E-state index contributed by atoms with van der Waals surface area (Å²) in [6.07, 6.45) is 6.11. The van der Waals surface area contributed by atoms with Crippen LogP contribution in [0.4, 0.5) is 11.4 Å². The molecular formula is C17H20N4O. The Bertz CT molecular complexity index is 704. The van der Waals surface area contributed by atoms with Gasteiger partial charge in [-0.05, 0) is 30.9 Å². The quantitative estimate of drug-likeness (QED) is 0.872. The molecule has 0 bridgehead atoms. The van der Waals surface area contributed by atoms with E-state index in [9.17, 15) is 4.79 Å². The predicted molar refractivity (Wildman–Crippen MR) is 86.3 cm³/mol. The van der Waals surface area contributed by atoms with E-state index >= 15 is 0 Å². The molecule has 1 aliphatic heterocycles. The van der Waals surface area contributed by atoms with Crippen LogP contribution in [0.25, 0.3) is 0 Å². The average Bonchev–Trinajstić information content (AvgIpc) is 3.25. The van der Waals surface area contributed by atoms with Gasteiger partial charge in [0.1, 0.15) is 0 Å². The van der Waals surface area contributed by atoms with E-state index in [1.165, 1.54) is 18.5 Å². The van der Waals surface area contributed by atoms with Crippen LogP contribution in [0.1, 0.15) is 23.2 Å². The Morgan fingerprint density at radius 2 is 2.00 bits per heavy atom. The van der Waals surface area contributed by atoms with Crippen molar-refractivity contribution in [2.24, 2.45) is 13.0 Å². The van der Waals surface area contributed by atoms with Gasteiger partial charge in [-0.2, -0.15) is 5.10 Å². The van der Waals surface area contributed by atoms with Gasteiger partial charge in [-0.3, -0.25) is 9.48 Å². The Kier molecular flexibility index (Phi) is 3.13. The summed E-state index contributed by atoms with van der Waals surface area (Å²) in [5.41, 5.74) is 2.84. The van der Waals surface area contributed by atoms with Crippen molar-refractivity contribution in [1.29, 1.82) is 0 Å². The molecule has 0 atom stereocenters. The first-order valence-corrected chi connectivity index (χ1v) is 7.87. The first kappa shape index (κ1) is 13.4. The van der Waals surface area contributed by atoms with Crippen LogP contribution in [0.3, 0.4) is 0 Å². The number of aromatic nitrogens is 2. The summed E-state index contributed by atoms with van der Waals surface area (Å²) in [6, 6.07) is 8.23. The molecule has 2 aromatic rings. The van der Waals surface area contributed by atoms with Crippen LogP contribution in [0.2, 0.25) is 0 Å². The third-order valence-corrected chi connectivity index (χ3v) is 4.48. The molecule has 5 nitrogen and oxygen atoms in total. The zero-order chi connectivity index (χ0) is 15.1. The molecule has 1 aromatic carbocycles. The standard InChI is InChI=1S/C17H20N4O/c1-19-12-14(10-18-19)17(22)21-9-8-20(11-13-6-7-13)15-4-2-3-5-16(15)21/h2-5,10,12-13H,6-9,11H2,1H3. The number of anilines is 2. The van der Waals surface area contributed by atoms with E-state index in [-0.39, 0.29) is 5.91 Å². The highest BCUT2D eigenvalue weighted by Crippen LogP contribution is 2.37. The molecule has 4 rings (SSSR count). The van der Waals surface area contributed by atoms with Gasteiger partial charge in [-0.15, -0.1) is 0 Å². The van der Waals surface area contributed by atoms with Gasteiger partial charge in [-0.1, -0.05) is 12.1 Å². The van der Waals surface area contributed by atoms with Crippen molar-refractivity contribution in [2.75, 3.05) is 29.4 Å². The summed E-state index contributed by atoms with van der Waals surface area (Å²) in [7, 11) is 1.83. The van der Waals surface area contributed by atoms with E-state index in [2.05, 4.69) is 22.1 Å². The molecular weight excluding hydrogens is 276 g/mol. The molecule has 0 N–H and O–H groups in total. The maximum absolute atomic E-state index is 12.8. The second-order valence-electron chi connectivity index (χ2n) is 6.24. The van der Waals surface area contributed by atoms with Crippen molar-refractivity contribution in [3.8, 4) is 0 Å². The summed E-state index contributed by atoms with van der Waals surface area (Å²) < 4.78 is 1.67. The van der Waals surface area contributed by atoms with Crippen LogP contribution in [0.5, 0.6) is 0 Å². The summed E-state index contributed by atoms with van der Waals surface area (Å²) in [5, 5.41) is 4.11. The molecule has 1 saturated carbocycles. The number of aryl methyl sites for hydroxylation is 1. The minimum absolute atomic E-state index is 0.0339. The van der Waals surface area contributed by atoms with Crippen molar-refractivity contribution in [2.45, 2.75) is 12.8 Å². The number of carbonyl (C=O) groups excluding carboxylic acids is 1. The first-order chi connectivity index (χ1) is 10.7. The van der Waals surface area contributed by atoms with Crippen molar-refractivity contribution in [3.63, 3.8) is 0 Å². The lowest BCUT2D eigenvalue weighted by Crippen LogP contribution is -2.44. The number of hydrogen-bond acceptors (Lipinski definition) is 3. The SMILES string of the molecule is Cn1cc(C(=O)N2CCN(CC3CC3)c3ccccc32)cn1. The van der Waals surface area contributed by atoms with Crippen molar-refractivity contribution in [3.05, 3.63) is 42.2 Å². The summed E-state index contributed by atoms with van der Waals surface area (Å²) in [6.45, 7) is 2.75. The molecule has 2 aliphatic rings. The van der Waals surface area contributed by atoms with Gasteiger partial charge < -0.3 is 9.80 Å². The van der Waals surface area contributed by atoms with Crippen LogP contribution < -0.4 is 9.80 Å². The molecule has 114 valence electrons. The van der Waals surface area contributed by atoms with Gasteiger partial charge in [0.05, 0.1) is 23.1 Å². The molecule has 0 saturated heterocycles. The Morgan fingerprint density at radius 3 is 2.68 bits per heavy atom. The number of rotatable bonds is 3. The maximum Gasteiger partial charge on any atom is 0.261 e. The highest BCUT2D eigenvalue weighted by molar-refractivity contribution is 6.08. The van der Waals surface area contributed by atoms with Gasteiger partial charge >= 0.3 is 0 Å². The lowest BCUT2D eigenvalue weighted by Gasteiger charge is -2.37. The normalized spacial score (nSPS) is 17.5. The number of hydrogen-bond donors (Lipinski definition) is 0. The Morgan fingerprint density at radius 1 is 1.23 bits per heavy atom. The topological polar surface area (TPSA) is 41.4 Å². The Balaban J connectivity index is 1.64. The number of carbonyl (C=O) groups is 1. The minimum atomic E-state index is 0.0339. The molecule has 0 spiro atoms. The molecule has 2 heterocycles. The second kappa shape index (κ2) is 5.16. The molecule has 5 heteroatoms. The van der Waals surface area contributed by atoms with Crippen molar-refractivity contribution >= 4 is 17.3 Å². The number of fused-ring (bicyclic) bond motifs is 1. The van der Waals surface area contributed by atoms with Crippen LogP contribution >= 0.6 is 0 Å². The largest absolute Gasteiger partial charge is 0.368 e. The first-order valence-electron chi connectivity index (χ1n) is 7.87. The fourth-order valence-corrected chi connectivity index (χ4v) is 3.12. The molecule has 0 radical (unpaired) electrons. The van der Waals surface area contributed by atoms with Crippen LogP contribution in [0.15, 0.2) is 36.7 Å². The fourth-order valence-electron chi connectivity index (χ4n) is 3.12. The van der Waals surface area contributed by atoms with Crippen LogP contribution in [-0.4, -0.2) is 35.3 Å². The molecule has 1 aromatic heterocycles. The second-order valence-corrected chi connectivity index (χ2v) is 6.24. The van der Waals surface area contributed by atoms with E-state index in [1.54, 1.807) is 17.1 Å². The van der Waals surface area contributed by atoms with E-state index < -0.39 is 0 Å². The van der Waals surface area contributed by atoms with Gasteiger partial charge in [-0.25, -0.2) is 0 Å². The van der Waals surface area contributed by atoms with Crippen LogP contribution in [0, 0.1) is 5.92 Å². The number of para-hydroxylation sites is 2. The zero-order valence-corrected chi connectivity index (χ0v) is 12.8. The molecule has 1 amide bonds. The van der Waals surface area contributed by atoms with Gasteiger partial charge in [0, 0.05) is 32.9 Å². The third-order valence-electron chi connectivity index (χ3n) is 4.48. The van der Waals surface area contributed by atoms with E-state index in [4.69, 9.17) is 0 Å². The van der Waals surface area contributed by atoms with Gasteiger partial charge in [0.2, 0.25) is 0 Å². The monoisotopic (exact) mass is 296 g/mol. The third kappa shape index (κ3) is 2.36. The van der Waals surface area contributed by atoms with Crippen LogP contribution in [-0.2, 0) is 7.05 Å². The summed E-state index contributed by atoms with van der Waals surface area (Å²) in [5.74, 6) is 0.875. The number of nitrogens with zero attached hydrogens (tertiary/aromatic N) is 4. The highest BCUT2D eigenvalue weighted by atomic mass is 16.2. The molecule has 22 heavy (non-hydrogen) atoms. The predicted octanol–water partition coefficient (Wildman–Crippen LogP) is 2.30. The van der Waals surface area contributed by atoms with E-state index in [0.717, 1.165) is 31.2 Å². The minimum Gasteiger partial charge on any atom is -0.368 e. The molecule has 0 unspecified atom stereocenters.